The first-order chi connectivity index (χ1) is 9.06. The second-order valence-corrected chi connectivity index (χ2v) is 7.08. The molecule has 2 aromatic rings. The predicted octanol–water partition coefficient (Wildman–Crippen LogP) is 5.10. The standard InChI is InChI=1S/C15H12BrClOS/c1-11-2-8-14(9-3-11)19(18)15(17)10-12-4-6-13(16)7-5-12/h2-10H,1H3. The molecule has 0 fully saturated rings. The van der Waals surface area contributed by atoms with Gasteiger partial charge in [-0.1, -0.05) is 57.4 Å². The molecule has 0 bridgehead atoms. The smallest absolute Gasteiger partial charge is 0.110 e. The Morgan fingerprint density at radius 2 is 1.68 bits per heavy atom. The van der Waals surface area contributed by atoms with Gasteiger partial charge in [0.2, 0.25) is 0 Å². The molecule has 2 aromatic carbocycles. The molecule has 2 rings (SSSR count). The minimum atomic E-state index is -1.33. The van der Waals surface area contributed by atoms with E-state index in [1.165, 1.54) is 0 Å². The molecule has 0 aromatic heterocycles. The summed E-state index contributed by atoms with van der Waals surface area (Å²) >= 11 is 9.50. The monoisotopic (exact) mass is 354 g/mol. The van der Waals surface area contributed by atoms with Crippen LogP contribution in [0, 0.1) is 6.92 Å². The third-order valence-corrected chi connectivity index (χ3v) is 4.79. The van der Waals surface area contributed by atoms with Gasteiger partial charge in [-0.25, -0.2) is 4.21 Å². The van der Waals surface area contributed by atoms with Gasteiger partial charge in [0.25, 0.3) is 0 Å². The van der Waals surface area contributed by atoms with Crippen LogP contribution in [-0.2, 0) is 10.8 Å². The normalized spacial score (nSPS) is 13.3. The van der Waals surface area contributed by atoms with Gasteiger partial charge in [-0.2, -0.15) is 0 Å². The van der Waals surface area contributed by atoms with Crippen molar-refractivity contribution >= 4 is 44.4 Å². The molecule has 1 nitrogen and oxygen atoms in total. The maximum atomic E-state index is 12.2. The second-order valence-electron chi connectivity index (χ2n) is 4.08. The Hall–Kier alpha value is -0.900. The van der Waals surface area contributed by atoms with Gasteiger partial charge in [-0.15, -0.1) is 0 Å². The molecule has 0 aliphatic heterocycles. The van der Waals surface area contributed by atoms with Gasteiger partial charge in [-0.3, -0.25) is 0 Å². The molecule has 0 saturated carbocycles. The second kappa shape index (κ2) is 6.51. The van der Waals surface area contributed by atoms with E-state index in [0.717, 1.165) is 15.6 Å². The van der Waals surface area contributed by atoms with Crippen LogP contribution in [0.2, 0.25) is 0 Å². The Morgan fingerprint density at radius 1 is 1.11 bits per heavy atom. The van der Waals surface area contributed by atoms with Gasteiger partial charge in [-0.05, 0) is 42.8 Å². The number of aryl methyl sites for hydroxylation is 1. The Bertz CT molecular complexity index is 618. The molecule has 98 valence electrons. The molecule has 19 heavy (non-hydrogen) atoms. The summed E-state index contributed by atoms with van der Waals surface area (Å²) in [5.74, 6) is 0. The van der Waals surface area contributed by atoms with Crippen LogP contribution in [0.15, 0.2) is 62.3 Å². The molecule has 0 radical (unpaired) electrons. The number of rotatable bonds is 3. The summed E-state index contributed by atoms with van der Waals surface area (Å²) in [6.07, 6.45) is 1.73. The highest BCUT2D eigenvalue weighted by atomic mass is 79.9. The van der Waals surface area contributed by atoms with Crippen molar-refractivity contribution in [3.8, 4) is 0 Å². The largest absolute Gasteiger partial charge is 0.248 e. The lowest BCUT2D eigenvalue weighted by Crippen LogP contribution is -1.91. The lowest BCUT2D eigenvalue weighted by molar-refractivity contribution is 0.688. The first kappa shape index (κ1) is 14.5. The van der Waals surface area contributed by atoms with E-state index in [2.05, 4.69) is 15.9 Å². The number of benzene rings is 2. The summed E-state index contributed by atoms with van der Waals surface area (Å²) in [5.41, 5.74) is 2.06. The molecule has 0 saturated heterocycles. The van der Waals surface area contributed by atoms with Crippen LogP contribution in [0.4, 0.5) is 0 Å². The molecule has 0 heterocycles. The highest BCUT2D eigenvalue weighted by Gasteiger charge is 2.07. The summed E-state index contributed by atoms with van der Waals surface area (Å²) in [5, 5.41) is 0. The molecule has 0 aliphatic carbocycles. The van der Waals surface area contributed by atoms with E-state index in [0.29, 0.717) is 9.26 Å². The van der Waals surface area contributed by atoms with Crippen molar-refractivity contribution in [1.82, 2.24) is 0 Å². The Kier molecular flexibility index (Phi) is 4.97. The van der Waals surface area contributed by atoms with Crippen LogP contribution >= 0.6 is 27.5 Å². The summed E-state index contributed by atoms with van der Waals surface area (Å²) in [4.78, 5) is 0.712. The van der Waals surface area contributed by atoms with E-state index in [9.17, 15) is 4.21 Å². The molecule has 4 heteroatoms. The fourth-order valence-electron chi connectivity index (χ4n) is 1.52. The summed E-state index contributed by atoms with van der Waals surface area (Å²) in [6, 6.07) is 15.2. The third kappa shape index (κ3) is 4.03. The van der Waals surface area contributed by atoms with Gasteiger partial charge < -0.3 is 0 Å². The summed E-state index contributed by atoms with van der Waals surface area (Å²) < 4.78 is 13.6. The van der Waals surface area contributed by atoms with E-state index in [4.69, 9.17) is 11.6 Å². The van der Waals surface area contributed by atoms with Gasteiger partial charge in [0, 0.05) is 9.37 Å². The van der Waals surface area contributed by atoms with Crippen molar-refractivity contribution in [2.24, 2.45) is 0 Å². The minimum Gasteiger partial charge on any atom is -0.248 e. The molecule has 0 spiro atoms. The highest BCUT2D eigenvalue weighted by molar-refractivity contribution is 9.10. The van der Waals surface area contributed by atoms with Crippen molar-refractivity contribution in [3.05, 3.63) is 68.5 Å². The van der Waals surface area contributed by atoms with Crippen molar-refractivity contribution in [3.63, 3.8) is 0 Å². The fourth-order valence-corrected chi connectivity index (χ4v) is 3.03. The minimum absolute atomic E-state index is 0.325. The van der Waals surface area contributed by atoms with Crippen molar-refractivity contribution in [1.29, 1.82) is 0 Å². The van der Waals surface area contributed by atoms with E-state index in [1.807, 2.05) is 55.5 Å². The number of hydrogen-bond acceptors (Lipinski definition) is 1. The first-order valence-electron chi connectivity index (χ1n) is 5.67. The van der Waals surface area contributed by atoms with Crippen LogP contribution in [0.3, 0.4) is 0 Å². The Labute approximate surface area is 128 Å². The van der Waals surface area contributed by atoms with Crippen LogP contribution < -0.4 is 0 Å². The van der Waals surface area contributed by atoms with Crippen molar-refractivity contribution in [2.45, 2.75) is 11.8 Å². The maximum Gasteiger partial charge on any atom is 0.110 e. The SMILES string of the molecule is Cc1ccc(S(=O)C(Cl)=Cc2ccc(Br)cc2)cc1. The molecular formula is C15H12BrClOS. The third-order valence-electron chi connectivity index (χ3n) is 2.56. The Balaban J connectivity index is 2.23. The average Bonchev–Trinajstić information content (AvgIpc) is 2.41. The van der Waals surface area contributed by atoms with Crippen molar-refractivity contribution in [2.75, 3.05) is 0 Å². The molecule has 1 atom stereocenters. The van der Waals surface area contributed by atoms with E-state index in [-0.39, 0.29) is 0 Å². The topological polar surface area (TPSA) is 17.1 Å². The van der Waals surface area contributed by atoms with E-state index in [1.54, 1.807) is 6.08 Å². The van der Waals surface area contributed by atoms with Gasteiger partial charge >= 0.3 is 0 Å². The number of halogens is 2. The van der Waals surface area contributed by atoms with Gasteiger partial charge in [0.05, 0.1) is 10.8 Å². The van der Waals surface area contributed by atoms with Crippen LogP contribution in [-0.4, -0.2) is 4.21 Å². The lowest BCUT2D eigenvalue weighted by atomic mass is 10.2. The fraction of sp³-hybridized carbons (Fsp3) is 0.0667. The molecular weight excluding hydrogens is 344 g/mol. The Morgan fingerprint density at radius 3 is 2.26 bits per heavy atom. The van der Waals surface area contributed by atoms with Gasteiger partial charge in [0.15, 0.2) is 0 Å². The zero-order chi connectivity index (χ0) is 13.8. The van der Waals surface area contributed by atoms with Crippen LogP contribution in [0.25, 0.3) is 6.08 Å². The summed E-state index contributed by atoms with van der Waals surface area (Å²) in [7, 11) is -1.33. The van der Waals surface area contributed by atoms with Crippen LogP contribution in [0.1, 0.15) is 11.1 Å². The zero-order valence-electron chi connectivity index (χ0n) is 10.3. The molecule has 0 aliphatic rings. The highest BCUT2D eigenvalue weighted by Crippen LogP contribution is 2.21. The summed E-state index contributed by atoms with van der Waals surface area (Å²) in [6.45, 7) is 1.99. The molecule has 1 unspecified atom stereocenters. The van der Waals surface area contributed by atoms with Crippen molar-refractivity contribution < 1.29 is 4.21 Å². The van der Waals surface area contributed by atoms with E-state index >= 15 is 0 Å². The molecule has 0 amide bonds. The van der Waals surface area contributed by atoms with Crippen LogP contribution in [0.5, 0.6) is 0 Å². The quantitative estimate of drug-likeness (QED) is 0.748. The number of hydrogen-bond donors (Lipinski definition) is 0. The lowest BCUT2D eigenvalue weighted by Gasteiger charge is -2.02. The average molecular weight is 356 g/mol. The zero-order valence-corrected chi connectivity index (χ0v) is 13.4. The first-order valence-corrected chi connectivity index (χ1v) is 7.99. The van der Waals surface area contributed by atoms with E-state index < -0.39 is 10.8 Å². The van der Waals surface area contributed by atoms with Gasteiger partial charge in [0.1, 0.15) is 4.36 Å². The maximum absolute atomic E-state index is 12.2. The molecule has 0 N–H and O–H groups in total. The predicted molar refractivity (Wildman–Crippen MR) is 85.6 cm³/mol.